The number of methoxy groups -OCH3 is 1. The minimum atomic E-state index is 0.645. The first kappa shape index (κ1) is 10.1. The van der Waals surface area contributed by atoms with Crippen molar-refractivity contribution in [3.63, 3.8) is 0 Å². The molecule has 82 valence electrons. The van der Waals surface area contributed by atoms with Crippen molar-refractivity contribution in [1.29, 1.82) is 0 Å². The van der Waals surface area contributed by atoms with Crippen LogP contribution in [0.15, 0.2) is 18.2 Å². The number of nitrogens with zero attached hydrogens (tertiary/aromatic N) is 1. The third-order valence-electron chi connectivity index (χ3n) is 2.85. The molecule has 1 heterocycles. The first-order chi connectivity index (χ1) is 7.22. The molecule has 0 fully saturated rings. The summed E-state index contributed by atoms with van der Waals surface area (Å²) in [4.78, 5) is 2.28. The highest BCUT2D eigenvalue weighted by atomic mass is 16.5. The van der Waals surface area contributed by atoms with Crippen LogP contribution in [-0.4, -0.2) is 27.2 Å². The number of benzene rings is 1. The molecule has 1 N–H and O–H groups in total. The zero-order valence-electron chi connectivity index (χ0n) is 9.58. The molecule has 0 aliphatic carbocycles. The lowest BCUT2D eigenvalue weighted by Gasteiger charge is -2.21. The van der Waals surface area contributed by atoms with E-state index < -0.39 is 0 Å². The van der Waals surface area contributed by atoms with E-state index in [4.69, 9.17) is 4.74 Å². The summed E-state index contributed by atoms with van der Waals surface area (Å²) in [5.41, 5.74) is 2.34. The maximum absolute atomic E-state index is 5.36. The molecule has 1 aromatic carbocycles. The summed E-state index contributed by atoms with van der Waals surface area (Å²) in [6.07, 6.45) is 0. The zero-order valence-corrected chi connectivity index (χ0v) is 9.58. The Kier molecular flexibility index (Phi) is 2.71. The molecule has 0 aromatic heterocycles. The molecule has 15 heavy (non-hydrogen) atoms. The second-order valence-corrected chi connectivity index (χ2v) is 4.22. The van der Waals surface area contributed by atoms with Gasteiger partial charge in [0.1, 0.15) is 11.4 Å². The van der Waals surface area contributed by atoms with Gasteiger partial charge in [-0.1, -0.05) is 13.0 Å². The Morgan fingerprint density at radius 2 is 2.27 bits per heavy atom. The van der Waals surface area contributed by atoms with Crippen molar-refractivity contribution in [2.45, 2.75) is 6.92 Å². The SMILES string of the molecule is COc1cccc2c1NCC(C)CN2C. The fourth-order valence-corrected chi connectivity index (χ4v) is 2.09. The maximum Gasteiger partial charge on any atom is 0.144 e. The van der Waals surface area contributed by atoms with E-state index in [2.05, 4.69) is 30.3 Å². The molecule has 3 nitrogen and oxygen atoms in total. The lowest BCUT2D eigenvalue weighted by Crippen LogP contribution is -2.23. The van der Waals surface area contributed by atoms with E-state index in [0.29, 0.717) is 5.92 Å². The molecular weight excluding hydrogens is 188 g/mol. The van der Waals surface area contributed by atoms with Gasteiger partial charge in [0, 0.05) is 20.1 Å². The van der Waals surface area contributed by atoms with E-state index in [1.54, 1.807) is 7.11 Å². The molecule has 0 saturated carbocycles. The Bertz CT molecular complexity index is 351. The number of anilines is 2. The summed E-state index contributed by atoms with van der Waals surface area (Å²) in [6.45, 7) is 4.33. The number of ether oxygens (including phenoxy) is 1. The first-order valence-electron chi connectivity index (χ1n) is 5.34. The predicted molar refractivity (Wildman–Crippen MR) is 63.9 cm³/mol. The van der Waals surface area contributed by atoms with E-state index in [0.717, 1.165) is 24.5 Å². The fourth-order valence-electron chi connectivity index (χ4n) is 2.09. The molecule has 1 aromatic rings. The van der Waals surface area contributed by atoms with Gasteiger partial charge in [0.25, 0.3) is 0 Å². The lowest BCUT2D eigenvalue weighted by atomic mass is 10.2. The number of para-hydroxylation sites is 1. The van der Waals surface area contributed by atoms with Gasteiger partial charge >= 0.3 is 0 Å². The molecule has 1 unspecified atom stereocenters. The largest absolute Gasteiger partial charge is 0.495 e. The van der Waals surface area contributed by atoms with Gasteiger partial charge in [-0.05, 0) is 18.1 Å². The monoisotopic (exact) mass is 206 g/mol. The van der Waals surface area contributed by atoms with Crippen LogP contribution in [0.4, 0.5) is 11.4 Å². The van der Waals surface area contributed by atoms with Crippen LogP contribution < -0.4 is 15.0 Å². The van der Waals surface area contributed by atoms with Crippen molar-refractivity contribution < 1.29 is 4.74 Å². The van der Waals surface area contributed by atoms with Crippen LogP contribution in [-0.2, 0) is 0 Å². The number of nitrogens with one attached hydrogen (secondary N) is 1. The van der Waals surface area contributed by atoms with E-state index in [1.165, 1.54) is 5.69 Å². The standard InChI is InChI=1S/C12H18N2O/c1-9-7-13-12-10(14(2)8-9)5-4-6-11(12)15-3/h4-6,9,13H,7-8H2,1-3H3. The Labute approximate surface area is 91.0 Å². The van der Waals surface area contributed by atoms with Gasteiger partial charge in [-0.25, -0.2) is 0 Å². The molecule has 1 aliphatic rings. The minimum absolute atomic E-state index is 0.645. The zero-order chi connectivity index (χ0) is 10.8. The first-order valence-corrected chi connectivity index (χ1v) is 5.34. The molecule has 0 saturated heterocycles. The highest BCUT2D eigenvalue weighted by Gasteiger charge is 2.18. The van der Waals surface area contributed by atoms with Crippen LogP contribution >= 0.6 is 0 Å². The van der Waals surface area contributed by atoms with E-state index in [-0.39, 0.29) is 0 Å². The molecule has 0 amide bonds. The Balaban J connectivity index is 2.43. The summed E-state index contributed by atoms with van der Waals surface area (Å²) >= 11 is 0. The van der Waals surface area contributed by atoms with Crippen molar-refractivity contribution in [2.75, 3.05) is 37.5 Å². The molecular formula is C12H18N2O. The van der Waals surface area contributed by atoms with Crippen molar-refractivity contribution in [3.8, 4) is 5.75 Å². The van der Waals surface area contributed by atoms with E-state index in [1.807, 2.05) is 12.1 Å². The Morgan fingerprint density at radius 1 is 1.47 bits per heavy atom. The minimum Gasteiger partial charge on any atom is -0.495 e. The van der Waals surface area contributed by atoms with Gasteiger partial charge in [-0.15, -0.1) is 0 Å². The van der Waals surface area contributed by atoms with Gasteiger partial charge in [-0.2, -0.15) is 0 Å². The summed E-state index contributed by atoms with van der Waals surface area (Å²) in [5.74, 6) is 1.57. The van der Waals surface area contributed by atoms with Crippen LogP contribution in [0.2, 0.25) is 0 Å². The highest BCUT2D eigenvalue weighted by Crippen LogP contribution is 2.36. The fraction of sp³-hybridized carbons (Fsp3) is 0.500. The van der Waals surface area contributed by atoms with Gasteiger partial charge in [-0.3, -0.25) is 0 Å². The van der Waals surface area contributed by atoms with Gasteiger partial charge < -0.3 is 15.0 Å². The quantitative estimate of drug-likeness (QED) is 0.762. The highest BCUT2D eigenvalue weighted by molar-refractivity contribution is 5.77. The normalized spacial score (nSPS) is 20.2. The van der Waals surface area contributed by atoms with Crippen molar-refractivity contribution in [3.05, 3.63) is 18.2 Å². The molecule has 1 atom stereocenters. The third-order valence-corrected chi connectivity index (χ3v) is 2.85. The second-order valence-electron chi connectivity index (χ2n) is 4.22. The summed E-state index contributed by atoms with van der Waals surface area (Å²) < 4.78 is 5.36. The van der Waals surface area contributed by atoms with Crippen LogP contribution in [0.25, 0.3) is 0 Å². The average molecular weight is 206 g/mol. The lowest BCUT2D eigenvalue weighted by molar-refractivity contribution is 0.416. The van der Waals surface area contributed by atoms with Crippen LogP contribution in [0.3, 0.4) is 0 Å². The second kappa shape index (κ2) is 4.01. The third kappa shape index (κ3) is 1.87. The van der Waals surface area contributed by atoms with E-state index in [9.17, 15) is 0 Å². The average Bonchev–Trinajstić information content (AvgIpc) is 2.38. The Morgan fingerprint density at radius 3 is 3.00 bits per heavy atom. The van der Waals surface area contributed by atoms with Crippen LogP contribution in [0.1, 0.15) is 6.92 Å². The topological polar surface area (TPSA) is 24.5 Å². The summed E-state index contributed by atoms with van der Waals surface area (Å²) in [5, 5.41) is 3.46. The molecule has 3 heteroatoms. The van der Waals surface area contributed by atoms with Crippen molar-refractivity contribution in [2.24, 2.45) is 5.92 Å². The molecule has 0 bridgehead atoms. The summed E-state index contributed by atoms with van der Waals surface area (Å²) in [7, 11) is 3.84. The number of hydrogen-bond acceptors (Lipinski definition) is 3. The predicted octanol–water partition coefficient (Wildman–Crippen LogP) is 2.19. The smallest absolute Gasteiger partial charge is 0.144 e. The van der Waals surface area contributed by atoms with Crippen LogP contribution in [0.5, 0.6) is 5.75 Å². The van der Waals surface area contributed by atoms with Gasteiger partial charge in [0.2, 0.25) is 0 Å². The molecule has 1 aliphatic heterocycles. The molecule has 0 radical (unpaired) electrons. The summed E-state index contributed by atoms with van der Waals surface area (Å²) in [6, 6.07) is 6.16. The number of fused-ring (bicyclic) bond motifs is 1. The van der Waals surface area contributed by atoms with Crippen molar-refractivity contribution in [1.82, 2.24) is 0 Å². The van der Waals surface area contributed by atoms with Gasteiger partial charge in [0.15, 0.2) is 0 Å². The van der Waals surface area contributed by atoms with E-state index >= 15 is 0 Å². The molecule has 0 spiro atoms. The van der Waals surface area contributed by atoms with Gasteiger partial charge in [0.05, 0.1) is 12.8 Å². The van der Waals surface area contributed by atoms with Crippen LogP contribution in [0, 0.1) is 5.92 Å². The number of hydrogen-bond donors (Lipinski definition) is 1. The Hall–Kier alpha value is -1.38. The number of rotatable bonds is 1. The molecule has 2 rings (SSSR count). The maximum atomic E-state index is 5.36. The van der Waals surface area contributed by atoms with Crippen molar-refractivity contribution >= 4 is 11.4 Å².